The molecule has 0 spiro atoms. The van der Waals surface area contributed by atoms with Gasteiger partial charge in [-0.2, -0.15) is 28.0 Å². The van der Waals surface area contributed by atoms with Crippen molar-refractivity contribution in [3.63, 3.8) is 0 Å². The van der Waals surface area contributed by atoms with Crippen LogP contribution in [0.25, 0.3) is 22.8 Å². The van der Waals surface area contributed by atoms with Crippen LogP contribution in [0.3, 0.4) is 0 Å². The van der Waals surface area contributed by atoms with Crippen molar-refractivity contribution in [2.45, 2.75) is 10.1 Å². The van der Waals surface area contributed by atoms with Crippen molar-refractivity contribution in [3.05, 3.63) is 243 Å². The van der Waals surface area contributed by atoms with Crippen LogP contribution in [0.4, 0.5) is 0 Å². The third kappa shape index (κ3) is 12.4. The fourth-order valence-corrected chi connectivity index (χ4v) is 20.0. The highest BCUT2D eigenvalue weighted by molar-refractivity contribution is 8.76. The van der Waals surface area contributed by atoms with Gasteiger partial charge in [-0.1, -0.05) is 170 Å². The number of hydrogen-bond acceptors (Lipinski definition) is 12. The van der Waals surface area contributed by atoms with Crippen molar-refractivity contribution in [1.82, 2.24) is 19.9 Å². The molecule has 0 amide bonds. The molecule has 0 fully saturated rings. The summed E-state index contributed by atoms with van der Waals surface area (Å²) in [5.41, 5.74) is 4.28. The van der Waals surface area contributed by atoms with Gasteiger partial charge in [-0.3, -0.25) is 0 Å². The van der Waals surface area contributed by atoms with Crippen molar-refractivity contribution in [2.24, 2.45) is 0 Å². The number of aromatic nitrogens is 4. The predicted molar refractivity (Wildman–Crippen MR) is 274 cm³/mol. The first kappa shape index (κ1) is 52.3. The van der Waals surface area contributed by atoms with Gasteiger partial charge < -0.3 is 9.97 Å². The van der Waals surface area contributed by atoms with Gasteiger partial charge in [0, 0.05) is 11.1 Å². The average Bonchev–Trinajstić information content (AvgIpc) is 4.03. The van der Waals surface area contributed by atoms with Crippen LogP contribution < -0.4 is 70.7 Å². The van der Waals surface area contributed by atoms with Crippen LogP contribution in [0.15, 0.2) is 253 Å². The molecule has 0 radical (unpaired) electrons. The molecule has 0 saturated heterocycles. The maximum atomic E-state index is 8.60. The lowest BCUT2D eigenvalue weighted by Crippen LogP contribution is -2.58. The fraction of sp³-hybridized carbons (Fsp3) is 0. The number of halogens is 2. The van der Waals surface area contributed by atoms with Crippen molar-refractivity contribution in [3.8, 4) is 22.8 Å². The van der Waals surface area contributed by atoms with Crippen molar-refractivity contribution >= 4 is 78.8 Å². The third-order valence-electron chi connectivity index (χ3n) is 11.1. The Morgan fingerprint density at radius 3 is 0.694 bits per heavy atom. The lowest BCUT2D eigenvalue weighted by atomic mass is 10.2. The molecule has 0 atom stereocenters. The second-order valence-electron chi connectivity index (χ2n) is 15.5. The van der Waals surface area contributed by atoms with E-state index >= 15 is 0 Å². The Balaban J connectivity index is 0.000000634. The molecule has 10 aromatic rings. The number of nitrogens with one attached hydrogen (secondary N) is 2. The molecule has 362 valence electrons. The molecule has 0 bridgehead atoms. The number of rotatable bonds is 13. The van der Waals surface area contributed by atoms with Gasteiger partial charge in [0.25, 0.3) is 0 Å². The molecule has 10 rings (SSSR count). The molecular weight excluding hydrogens is 1030 g/mol. The Morgan fingerprint density at radius 1 is 0.319 bits per heavy atom. The number of imidazole rings is 2. The molecule has 8 aromatic carbocycles. The summed E-state index contributed by atoms with van der Waals surface area (Å²) >= 11 is 0. The zero-order chi connectivity index (χ0) is 50.6. The largest absolute Gasteiger partial charge is 0.307 e. The molecule has 2 aromatic heterocycles. The molecule has 0 aliphatic carbocycles. The normalized spacial score (nSPS) is 11.7. The van der Waals surface area contributed by atoms with Crippen LogP contribution in [0.2, 0.25) is 0 Å². The van der Waals surface area contributed by atoms with E-state index < -0.39 is 35.0 Å². The molecule has 0 aliphatic heterocycles. The first-order chi connectivity index (χ1) is 34.8. The first-order valence-electron chi connectivity index (χ1n) is 21.8. The van der Waals surface area contributed by atoms with Crippen LogP contribution in [-0.2, 0) is 0 Å². The standard InChI is InChI=1S/C54H42N4P2S2.2ClHO4/c1-9-25-41(26-10-1)49-55-51(59(43-29-13-3-14-30-43,44-31-15-4-16-32-44)45-33-17-5-18-34-45)53(57-49)61-62-54-52(56-50(58-54)42-27-11-2-12-28-42)60(46-35-19-6-20-36-46,47-37-21-7-22-38-47)48-39-23-8-24-40-48;2*2-1(3,4)5/h1-40H,(H,55,57)(H,56,58);2*(H,2,3,4,5)/q+2;;. The van der Waals surface area contributed by atoms with Gasteiger partial charge in [0.2, 0.25) is 10.9 Å². The molecule has 4 N–H and O–H groups in total. The van der Waals surface area contributed by atoms with E-state index in [2.05, 4.69) is 253 Å². The van der Waals surface area contributed by atoms with Crippen molar-refractivity contribution in [2.75, 3.05) is 0 Å². The molecule has 2 heterocycles. The number of aromatic amines is 2. The highest BCUT2D eigenvalue weighted by Crippen LogP contribution is 2.59. The minimum absolute atomic E-state index is 0.836. The Kier molecular flexibility index (Phi) is 17.2. The van der Waals surface area contributed by atoms with Gasteiger partial charge in [0.15, 0.2) is 24.6 Å². The van der Waals surface area contributed by atoms with Crippen LogP contribution in [-0.4, -0.2) is 29.3 Å². The van der Waals surface area contributed by atoms with Gasteiger partial charge in [-0.15, -0.1) is 0 Å². The van der Waals surface area contributed by atoms with E-state index in [0.29, 0.717) is 0 Å². The zero-order valence-corrected chi connectivity index (χ0v) is 42.7. The molecule has 72 heavy (non-hydrogen) atoms. The molecule has 0 aliphatic rings. The van der Waals surface area contributed by atoms with Crippen LogP contribution in [0.5, 0.6) is 0 Å². The van der Waals surface area contributed by atoms with Crippen molar-refractivity contribution in [1.29, 1.82) is 0 Å². The van der Waals surface area contributed by atoms with E-state index in [0.717, 1.165) is 43.7 Å². The smallest absolute Gasteiger partial charge is 0.211 e. The highest BCUT2D eigenvalue weighted by Gasteiger charge is 2.54. The number of H-pyrrole nitrogens is 2. The molecule has 12 nitrogen and oxygen atoms in total. The van der Waals surface area contributed by atoms with Gasteiger partial charge >= 0.3 is 0 Å². The van der Waals surface area contributed by atoms with Crippen LogP contribution in [0, 0.1) is 20.5 Å². The summed E-state index contributed by atoms with van der Waals surface area (Å²) in [4.78, 5) is 19.1. The second-order valence-corrected chi connectivity index (χ2v) is 25.9. The lowest BCUT2D eigenvalue weighted by molar-refractivity contribution is -1.92. The first-order valence-corrected chi connectivity index (χ1v) is 30.1. The summed E-state index contributed by atoms with van der Waals surface area (Å²) in [6.07, 6.45) is 0. The predicted octanol–water partition coefficient (Wildman–Crippen LogP) is 2.26. The summed E-state index contributed by atoms with van der Waals surface area (Å²) in [5.74, 6) is 1.67. The van der Waals surface area contributed by atoms with Gasteiger partial charge in [-0.25, -0.2) is 9.97 Å². The average molecular weight is 1070 g/mol. The van der Waals surface area contributed by atoms with E-state index in [4.69, 9.17) is 47.2 Å². The Hall–Kier alpha value is -6.00. The fourth-order valence-electron chi connectivity index (χ4n) is 8.39. The van der Waals surface area contributed by atoms with Crippen LogP contribution in [0.1, 0.15) is 0 Å². The van der Waals surface area contributed by atoms with Crippen LogP contribution >= 0.6 is 36.1 Å². The van der Waals surface area contributed by atoms with E-state index in [9.17, 15) is 0 Å². The minimum atomic E-state index is -4.69. The number of benzene rings is 8. The summed E-state index contributed by atoms with van der Waals surface area (Å²) in [6, 6.07) is 86.9. The summed E-state index contributed by atoms with van der Waals surface area (Å²) in [7, 11) is -11.1. The Bertz CT molecular complexity index is 2810. The Labute approximate surface area is 429 Å². The van der Waals surface area contributed by atoms with Gasteiger partial charge in [0.05, 0.1) is 29.8 Å². The van der Waals surface area contributed by atoms with E-state index in [-0.39, 0.29) is 0 Å². The summed E-state index contributed by atoms with van der Waals surface area (Å²) < 4.78 is 65.4. The molecule has 0 saturated carbocycles. The molecule has 0 unspecified atom stereocenters. The maximum Gasteiger partial charge on any atom is 0.211 e. The monoisotopic (exact) mass is 1070 g/mol. The number of nitrogens with zero attached hydrogens (tertiary/aromatic N) is 2. The topological polar surface area (TPSA) is 236 Å². The van der Waals surface area contributed by atoms with Gasteiger partial charge in [0.1, 0.15) is 43.5 Å². The number of hydrogen-bond donors (Lipinski definition) is 4. The van der Waals surface area contributed by atoms with E-state index in [1.165, 1.54) is 31.8 Å². The third-order valence-corrected chi connectivity index (χ3v) is 22.0. The minimum Gasteiger partial charge on any atom is -0.307 e. The van der Waals surface area contributed by atoms with E-state index in [1.54, 1.807) is 21.6 Å². The molecular formula is C54H44Cl2N4O8P2S2+2. The quantitative estimate of drug-likeness (QED) is 0.0962. The van der Waals surface area contributed by atoms with Gasteiger partial charge in [-0.05, 0) is 94.4 Å². The van der Waals surface area contributed by atoms with Crippen molar-refractivity contribution < 1.29 is 57.8 Å². The summed E-state index contributed by atoms with van der Waals surface area (Å²) in [6.45, 7) is 0. The second kappa shape index (κ2) is 23.7. The lowest BCUT2D eigenvalue weighted by Gasteiger charge is -2.27. The Morgan fingerprint density at radius 2 is 0.500 bits per heavy atom. The maximum absolute atomic E-state index is 8.60. The molecule has 18 heteroatoms. The van der Waals surface area contributed by atoms with E-state index in [1.807, 2.05) is 0 Å². The summed E-state index contributed by atoms with van der Waals surface area (Å²) in [5, 5.41) is 9.36. The SMILES string of the molecule is [O-][Cl+3]([O-])([O-])O.[O-][Cl+3]([O-])([O-])O.c1ccc(-c2nc(SSc3nc(-c4ccccc4)[nH]c3[P+](c3ccccc3)(c3ccccc3)c3ccccc3)c([P+](c3ccccc3)(c3ccccc3)c3ccccc3)[nH]2)cc1. The highest BCUT2D eigenvalue weighted by atomic mass is 35.7. The zero-order valence-electron chi connectivity index (χ0n) is 37.8.